The number of nitrogens with zero attached hydrogens (tertiary/aromatic N) is 8. The lowest BCUT2D eigenvalue weighted by molar-refractivity contribution is 0.122. The van der Waals surface area contributed by atoms with E-state index >= 15 is 0 Å². The Morgan fingerprint density at radius 2 is 1.70 bits per heavy atom. The van der Waals surface area contributed by atoms with Gasteiger partial charge in [0, 0.05) is 55.3 Å². The number of rotatable bonds is 4. The Balaban J connectivity index is 1.34. The zero-order valence-corrected chi connectivity index (χ0v) is 22.0. The van der Waals surface area contributed by atoms with E-state index in [1.165, 1.54) is 6.42 Å². The number of fused-ring (bicyclic) bond motifs is 2. The fourth-order valence-electron chi connectivity index (χ4n) is 5.62. The molecule has 0 aliphatic carbocycles. The number of ether oxygens (including phenoxy) is 1. The van der Waals surface area contributed by atoms with Gasteiger partial charge in [0.25, 0.3) is 0 Å². The van der Waals surface area contributed by atoms with Crippen LogP contribution in [0.25, 0.3) is 16.6 Å². The minimum atomic E-state index is 0.0496. The summed E-state index contributed by atoms with van der Waals surface area (Å²) in [5.74, 6) is 2.91. The maximum absolute atomic E-state index is 6.38. The van der Waals surface area contributed by atoms with E-state index in [-0.39, 0.29) is 11.3 Å². The molecule has 3 aliphatic heterocycles. The predicted octanol–water partition coefficient (Wildman–Crippen LogP) is 4.76. The second-order valence-electron chi connectivity index (χ2n) is 9.93. The number of halogens is 2. The van der Waals surface area contributed by atoms with Crippen LogP contribution in [0.2, 0.25) is 10.3 Å². The highest BCUT2D eigenvalue weighted by atomic mass is 35.5. The number of piperidine rings is 1. The molecule has 37 heavy (non-hydrogen) atoms. The Hall–Kier alpha value is -2.88. The summed E-state index contributed by atoms with van der Waals surface area (Å²) >= 11 is 12.8. The van der Waals surface area contributed by atoms with Gasteiger partial charge in [-0.15, -0.1) is 0 Å². The molecule has 3 aliphatic rings. The van der Waals surface area contributed by atoms with Crippen LogP contribution in [0.1, 0.15) is 37.4 Å². The molecule has 0 saturated carbocycles. The third-order valence-corrected chi connectivity index (χ3v) is 8.06. The lowest BCUT2D eigenvalue weighted by atomic mass is 9.99. The smallest absolute Gasteiger partial charge is 0.224 e. The van der Waals surface area contributed by atoms with Crippen molar-refractivity contribution < 1.29 is 4.74 Å². The van der Waals surface area contributed by atoms with Gasteiger partial charge in [0.1, 0.15) is 17.5 Å². The number of benzene rings is 1. The fraction of sp³-hybridized carbons (Fsp3) is 0.462. The van der Waals surface area contributed by atoms with Crippen molar-refractivity contribution in [2.75, 3.05) is 60.6 Å². The van der Waals surface area contributed by atoms with Crippen LogP contribution in [0.4, 0.5) is 17.5 Å². The molecule has 0 bridgehead atoms. The van der Waals surface area contributed by atoms with E-state index in [0.717, 1.165) is 105 Å². The van der Waals surface area contributed by atoms with Gasteiger partial charge in [0.15, 0.2) is 5.65 Å². The van der Waals surface area contributed by atoms with Crippen molar-refractivity contribution in [2.45, 2.75) is 31.7 Å². The molecule has 4 aromatic rings. The van der Waals surface area contributed by atoms with Gasteiger partial charge in [0.2, 0.25) is 5.28 Å². The first-order valence-corrected chi connectivity index (χ1v) is 13.8. The molecule has 6 heterocycles. The SMILES string of the molecule is Clc1ccc2nc(Cl)nc(N3CCCCC3c3cc4nc(N5CCC5)cc(N5CCOCC5)n4n3)c2c1. The summed E-state index contributed by atoms with van der Waals surface area (Å²) in [5.41, 5.74) is 2.65. The van der Waals surface area contributed by atoms with E-state index in [4.69, 9.17) is 38.0 Å². The van der Waals surface area contributed by atoms with Crippen molar-refractivity contribution in [1.82, 2.24) is 24.6 Å². The van der Waals surface area contributed by atoms with E-state index in [1.807, 2.05) is 22.7 Å². The maximum atomic E-state index is 6.38. The second kappa shape index (κ2) is 9.45. The molecule has 0 radical (unpaired) electrons. The predicted molar refractivity (Wildman–Crippen MR) is 146 cm³/mol. The zero-order chi connectivity index (χ0) is 24.9. The van der Waals surface area contributed by atoms with Crippen LogP contribution in [-0.2, 0) is 4.74 Å². The summed E-state index contributed by atoms with van der Waals surface area (Å²) in [5, 5.41) is 6.95. The van der Waals surface area contributed by atoms with Crippen molar-refractivity contribution >= 4 is 57.2 Å². The van der Waals surface area contributed by atoms with Gasteiger partial charge in [-0.3, -0.25) is 0 Å². The molecule has 7 rings (SSSR count). The molecular formula is C26H28Cl2N8O. The van der Waals surface area contributed by atoms with Crippen LogP contribution >= 0.6 is 23.2 Å². The molecule has 192 valence electrons. The Labute approximate surface area is 224 Å². The molecule has 0 spiro atoms. The summed E-state index contributed by atoms with van der Waals surface area (Å²) in [7, 11) is 0. The lowest BCUT2D eigenvalue weighted by Gasteiger charge is -2.36. The summed E-state index contributed by atoms with van der Waals surface area (Å²) in [6.07, 6.45) is 4.37. The average Bonchev–Trinajstić information content (AvgIpc) is 3.32. The summed E-state index contributed by atoms with van der Waals surface area (Å²) < 4.78 is 7.64. The maximum Gasteiger partial charge on any atom is 0.224 e. The van der Waals surface area contributed by atoms with E-state index in [1.54, 1.807) is 0 Å². The molecule has 3 fully saturated rings. The molecule has 1 atom stereocenters. The van der Waals surface area contributed by atoms with Crippen LogP contribution < -0.4 is 14.7 Å². The first kappa shape index (κ1) is 23.3. The minimum Gasteiger partial charge on any atom is -0.378 e. The van der Waals surface area contributed by atoms with Gasteiger partial charge in [-0.25, -0.2) is 9.97 Å². The normalized spacial score (nSPS) is 20.6. The highest BCUT2D eigenvalue weighted by molar-refractivity contribution is 6.31. The quantitative estimate of drug-likeness (QED) is 0.344. The van der Waals surface area contributed by atoms with Crippen molar-refractivity contribution in [3.8, 4) is 0 Å². The topological polar surface area (TPSA) is 74.9 Å². The summed E-state index contributed by atoms with van der Waals surface area (Å²) in [6.45, 7) is 6.08. The van der Waals surface area contributed by atoms with Gasteiger partial charge in [0.05, 0.1) is 30.5 Å². The molecule has 3 saturated heterocycles. The highest BCUT2D eigenvalue weighted by Crippen LogP contribution is 2.39. The first-order chi connectivity index (χ1) is 18.1. The first-order valence-electron chi connectivity index (χ1n) is 13.0. The van der Waals surface area contributed by atoms with Crippen molar-refractivity contribution in [3.63, 3.8) is 0 Å². The van der Waals surface area contributed by atoms with Crippen LogP contribution in [0.3, 0.4) is 0 Å². The van der Waals surface area contributed by atoms with Crippen molar-refractivity contribution in [1.29, 1.82) is 0 Å². The third-order valence-electron chi connectivity index (χ3n) is 7.66. The van der Waals surface area contributed by atoms with Crippen LogP contribution in [0, 0.1) is 0 Å². The Kier molecular flexibility index (Phi) is 5.94. The molecule has 9 nitrogen and oxygen atoms in total. The van der Waals surface area contributed by atoms with E-state index in [9.17, 15) is 0 Å². The number of hydrogen-bond acceptors (Lipinski definition) is 8. The number of morpholine rings is 1. The summed E-state index contributed by atoms with van der Waals surface area (Å²) in [4.78, 5) is 21.2. The van der Waals surface area contributed by atoms with Crippen LogP contribution in [0.5, 0.6) is 0 Å². The number of hydrogen-bond donors (Lipinski definition) is 0. The van der Waals surface area contributed by atoms with E-state index in [2.05, 4.69) is 36.8 Å². The Bertz CT molecular complexity index is 1470. The zero-order valence-electron chi connectivity index (χ0n) is 20.5. The number of aromatic nitrogens is 5. The van der Waals surface area contributed by atoms with Crippen molar-refractivity contribution in [3.05, 3.63) is 46.3 Å². The summed E-state index contributed by atoms with van der Waals surface area (Å²) in [6, 6.07) is 10.0. The van der Waals surface area contributed by atoms with Crippen LogP contribution in [0.15, 0.2) is 30.3 Å². The standard InChI is InChI=1S/C26H28Cl2N8O/c27-17-5-6-19-18(14-17)25(31-26(28)29-19)35-9-2-1-4-21(35)20-15-23-30-22(33-7-3-8-33)16-24(36(23)32-20)34-10-12-37-13-11-34/h5-6,14-16,21H,1-4,7-13H2. The molecule has 1 unspecified atom stereocenters. The van der Waals surface area contributed by atoms with Gasteiger partial charge in [-0.1, -0.05) is 11.6 Å². The van der Waals surface area contributed by atoms with E-state index < -0.39 is 0 Å². The van der Waals surface area contributed by atoms with Gasteiger partial charge < -0.3 is 19.4 Å². The molecule has 11 heteroatoms. The molecule has 3 aromatic heterocycles. The largest absolute Gasteiger partial charge is 0.378 e. The lowest BCUT2D eigenvalue weighted by Crippen LogP contribution is -2.40. The van der Waals surface area contributed by atoms with Gasteiger partial charge in [-0.05, 0) is 55.5 Å². The Morgan fingerprint density at radius 1 is 0.838 bits per heavy atom. The monoisotopic (exact) mass is 538 g/mol. The van der Waals surface area contributed by atoms with Gasteiger partial charge in [-0.2, -0.15) is 14.6 Å². The van der Waals surface area contributed by atoms with Gasteiger partial charge >= 0.3 is 0 Å². The Morgan fingerprint density at radius 3 is 2.51 bits per heavy atom. The van der Waals surface area contributed by atoms with Crippen LogP contribution in [-0.4, -0.2) is 70.5 Å². The number of anilines is 3. The molecule has 0 N–H and O–H groups in total. The molecule has 0 amide bonds. The second-order valence-corrected chi connectivity index (χ2v) is 10.7. The fourth-order valence-corrected chi connectivity index (χ4v) is 5.96. The molecule has 1 aromatic carbocycles. The average molecular weight is 539 g/mol. The highest BCUT2D eigenvalue weighted by Gasteiger charge is 2.31. The molecular weight excluding hydrogens is 511 g/mol. The third kappa shape index (κ3) is 4.23. The van der Waals surface area contributed by atoms with E-state index in [0.29, 0.717) is 5.02 Å². The van der Waals surface area contributed by atoms with Crippen molar-refractivity contribution in [2.24, 2.45) is 0 Å². The minimum absolute atomic E-state index is 0.0496.